The van der Waals surface area contributed by atoms with Gasteiger partial charge in [-0.25, -0.2) is 13.6 Å². The van der Waals surface area contributed by atoms with Crippen LogP contribution in [0, 0.1) is 11.6 Å². The van der Waals surface area contributed by atoms with Gasteiger partial charge in [0.15, 0.2) is 5.82 Å². The van der Waals surface area contributed by atoms with Crippen molar-refractivity contribution >= 4 is 27.6 Å². The van der Waals surface area contributed by atoms with Crippen molar-refractivity contribution in [3.8, 4) is 10.9 Å². The summed E-state index contributed by atoms with van der Waals surface area (Å²) in [5.74, 6) is -0.559. The van der Waals surface area contributed by atoms with E-state index in [1.54, 1.807) is 12.0 Å². The van der Waals surface area contributed by atoms with Crippen molar-refractivity contribution in [2.75, 3.05) is 20.2 Å². The number of benzene rings is 2. The highest BCUT2D eigenvalue weighted by Gasteiger charge is 2.25. The smallest absolute Gasteiger partial charge is 0.317 e. The fourth-order valence-corrected chi connectivity index (χ4v) is 4.26. The predicted molar refractivity (Wildman–Crippen MR) is 110 cm³/mol. The molecule has 9 heteroatoms. The lowest BCUT2D eigenvalue weighted by Crippen LogP contribution is -2.46. The third-order valence-corrected chi connectivity index (χ3v) is 5.89. The maximum absolute atomic E-state index is 13.8. The molecule has 2 amide bonds. The summed E-state index contributed by atoms with van der Waals surface area (Å²) < 4.78 is 38.5. The second-order valence-corrected chi connectivity index (χ2v) is 8.02. The van der Waals surface area contributed by atoms with Crippen molar-refractivity contribution in [1.29, 1.82) is 0 Å². The van der Waals surface area contributed by atoms with Gasteiger partial charge < -0.3 is 19.7 Å². The Morgan fingerprint density at radius 2 is 1.97 bits per heavy atom. The lowest BCUT2D eigenvalue weighted by atomic mass is 10.1. The van der Waals surface area contributed by atoms with Gasteiger partial charge in [-0.15, -0.1) is 0 Å². The summed E-state index contributed by atoms with van der Waals surface area (Å²) in [4.78, 5) is 18.3. The van der Waals surface area contributed by atoms with E-state index in [2.05, 4.69) is 10.3 Å². The van der Waals surface area contributed by atoms with Crippen LogP contribution in [0.15, 0.2) is 36.4 Å². The summed E-state index contributed by atoms with van der Waals surface area (Å²) in [6.45, 7) is 1.53. The second kappa shape index (κ2) is 8.83. The molecule has 30 heavy (non-hydrogen) atoms. The van der Waals surface area contributed by atoms with Gasteiger partial charge in [0.05, 0.1) is 11.8 Å². The van der Waals surface area contributed by atoms with Gasteiger partial charge in [-0.05, 0) is 23.8 Å². The number of aromatic nitrogens is 1. The maximum Gasteiger partial charge on any atom is 0.317 e. The van der Waals surface area contributed by atoms with Crippen LogP contribution in [0.2, 0.25) is 0 Å². The maximum atomic E-state index is 13.8. The number of hydrogen-bond acceptors (Lipinski definition) is 5. The van der Waals surface area contributed by atoms with Crippen molar-refractivity contribution < 1.29 is 23.0 Å². The van der Waals surface area contributed by atoms with E-state index in [1.165, 1.54) is 6.07 Å². The first kappa shape index (κ1) is 20.3. The molecule has 0 atom stereocenters. The number of thiazole rings is 1. The number of halogens is 2. The van der Waals surface area contributed by atoms with Crippen LogP contribution >= 0.6 is 11.3 Å². The summed E-state index contributed by atoms with van der Waals surface area (Å²) in [6, 6.07) is 9.46. The third kappa shape index (κ3) is 4.62. The lowest BCUT2D eigenvalue weighted by molar-refractivity contribution is 0.111. The Morgan fingerprint density at radius 3 is 2.67 bits per heavy atom. The van der Waals surface area contributed by atoms with Crippen LogP contribution in [0.3, 0.4) is 0 Å². The zero-order chi connectivity index (χ0) is 21.1. The van der Waals surface area contributed by atoms with Gasteiger partial charge in [-0.3, -0.25) is 0 Å². The normalized spacial score (nSPS) is 14.7. The van der Waals surface area contributed by atoms with Gasteiger partial charge in [0.25, 0.3) is 5.19 Å². The van der Waals surface area contributed by atoms with E-state index in [4.69, 9.17) is 9.47 Å². The van der Waals surface area contributed by atoms with Crippen LogP contribution in [0.25, 0.3) is 10.2 Å². The molecule has 0 radical (unpaired) electrons. The number of amides is 2. The van der Waals surface area contributed by atoms with E-state index in [-0.39, 0.29) is 17.7 Å². The molecule has 0 saturated carbocycles. The monoisotopic (exact) mass is 433 g/mol. The number of likely N-dealkylation sites (tertiary alicyclic amines) is 1. The highest BCUT2D eigenvalue weighted by molar-refractivity contribution is 7.20. The average molecular weight is 433 g/mol. The SMILES string of the molecule is COc1ccc(CNC(=O)N2CCC(Oc3nc4c(F)cc(F)cc4s3)CC2)cc1. The van der Waals surface area contributed by atoms with Crippen LogP contribution in [0.4, 0.5) is 13.6 Å². The molecule has 0 bridgehead atoms. The van der Waals surface area contributed by atoms with E-state index < -0.39 is 11.6 Å². The molecule has 4 rings (SSSR count). The number of nitrogens with zero attached hydrogens (tertiary/aromatic N) is 2. The summed E-state index contributed by atoms with van der Waals surface area (Å²) in [5.41, 5.74) is 1.11. The van der Waals surface area contributed by atoms with Gasteiger partial charge in [-0.2, -0.15) is 4.98 Å². The first-order chi connectivity index (χ1) is 14.5. The van der Waals surface area contributed by atoms with E-state index in [0.717, 1.165) is 28.7 Å². The number of nitrogens with one attached hydrogen (secondary N) is 1. The van der Waals surface area contributed by atoms with E-state index in [9.17, 15) is 13.6 Å². The minimum atomic E-state index is -0.695. The zero-order valence-corrected chi connectivity index (χ0v) is 17.2. The fourth-order valence-electron chi connectivity index (χ4n) is 3.34. The number of urea groups is 1. The largest absolute Gasteiger partial charge is 0.497 e. The number of carbonyl (C=O) groups excluding carboxylic acids is 1. The lowest BCUT2D eigenvalue weighted by Gasteiger charge is -2.31. The molecular formula is C21H21F2N3O3S. The molecular weight excluding hydrogens is 412 g/mol. The van der Waals surface area contributed by atoms with Crippen molar-refractivity contribution in [2.24, 2.45) is 0 Å². The number of fused-ring (bicyclic) bond motifs is 1. The standard InChI is InChI=1S/C21H21F2N3O3S/c1-28-15-4-2-13(3-5-15)12-24-20(27)26-8-6-16(7-9-26)29-21-25-19-17(23)10-14(22)11-18(19)30-21/h2-5,10-11,16H,6-9,12H2,1H3,(H,24,27). The Morgan fingerprint density at radius 1 is 1.23 bits per heavy atom. The second-order valence-electron chi connectivity index (χ2n) is 7.03. The van der Waals surface area contributed by atoms with Crippen molar-refractivity contribution in [3.63, 3.8) is 0 Å². The highest BCUT2D eigenvalue weighted by atomic mass is 32.1. The van der Waals surface area contributed by atoms with Crippen molar-refractivity contribution in [2.45, 2.75) is 25.5 Å². The number of rotatable bonds is 5. The Balaban J connectivity index is 1.27. The molecule has 2 aromatic carbocycles. The van der Waals surface area contributed by atoms with Crippen LogP contribution < -0.4 is 14.8 Å². The molecule has 6 nitrogen and oxygen atoms in total. The molecule has 2 heterocycles. The first-order valence-electron chi connectivity index (χ1n) is 9.60. The molecule has 1 fully saturated rings. The summed E-state index contributed by atoms with van der Waals surface area (Å²) in [7, 11) is 1.61. The molecule has 1 N–H and O–H groups in total. The molecule has 158 valence electrons. The van der Waals surface area contributed by atoms with E-state index in [0.29, 0.717) is 42.4 Å². The molecule has 1 aliphatic heterocycles. The minimum absolute atomic E-state index is 0.117. The van der Waals surface area contributed by atoms with Crippen LogP contribution in [0.1, 0.15) is 18.4 Å². The molecule has 1 aliphatic rings. The van der Waals surface area contributed by atoms with Gasteiger partial charge in [0, 0.05) is 38.5 Å². The molecule has 0 spiro atoms. The molecule has 0 aliphatic carbocycles. The minimum Gasteiger partial charge on any atom is -0.497 e. The average Bonchev–Trinajstić information content (AvgIpc) is 3.15. The number of carbonyl (C=O) groups is 1. The summed E-state index contributed by atoms with van der Waals surface area (Å²) in [6.07, 6.45) is 1.16. The van der Waals surface area contributed by atoms with Crippen LogP contribution in [-0.2, 0) is 6.54 Å². The van der Waals surface area contributed by atoms with Crippen molar-refractivity contribution in [3.05, 3.63) is 53.6 Å². The predicted octanol–water partition coefficient (Wildman–Crippen LogP) is 4.34. The molecule has 3 aromatic rings. The Labute approximate surface area is 176 Å². The molecule has 1 aromatic heterocycles. The number of ether oxygens (including phenoxy) is 2. The van der Waals surface area contributed by atoms with Gasteiger partial charge in [0.1, 0.15) is 23.2 Å². The topological polar surface area (TPSA) is 63.7 Å². The third-order valence-electron chi connectivity index (χ3n) is 4.99. The van der Waals surface area contributed by atoms with Gasteiger partial charge >= 0.3 is 6.03 Å². The zero-order valence-electron chi connectivity index (χ0n) is 16.4. The Kier molecular flexibility index (Phi) is 5.98. The molecule has 0 unspecified atom stereocenters. The number of piperidine rings is 1. The Hall–Kier alpha value is -2.94. The summed E-state index contributed by atoms with van der Waals surface area (Å²) >= 11 is 1.12. The highest BCUT2D eigenvalue weighted by Crippen LogP contribution is 2.31. The fraction of sp³-hybridized carbons (Fsp3) is 0.333. The van der Waals surface area contributed by atoms with Gasteiger partial charge in [-0.1, -0.05) is 23.5 Å². The molecule has 1 saturated heterocycles. The van der Waals surface area contributed by atoms with E-state index >= 15 is 0 Å². The number of hydrogen-bond donors (Lipinski definition) is 1. The summed E-state index contributed by atoms with van der Waals surface area (Å²) in [5, 5.41) is 3.23. The van der Waals surface area contributed by atoms with Crippen molar-refractivity contribution in [1.82, 2.24) is 15.2 Å². The number of methoxy groups -OCH3 is 1. The quantitative estimate of drug-likeness (QED) is 0.650. The van der Waals surface area contributed by atoms with Crippen LogP contribution in [0.5, 0.6) is 10.9 Å². The Bertz CT molecular complexity index is 1030. The first-order valence-corrected chi connectivity index (χ1v) is 10.4. The van der Waals surface area contributed by atoms with Gasteiger partial charge in [0.2, 0.25) is 0 Å². The van der Waals surface area contributed by atoms with Crippen LogP contribution in [-0.4, -0.2) is 42.2 Å². The van der Waals surface area contributed by atoms with E-state index in [1.807, 2.05) is 24.3 Å².